The number of carbonyl (C=O) groups excluding carboxylic acids is 1. The van der Waals surface area contributed by atoms with Crippen LogP contribution >= 0.6 is 23.4 Å². The first-order chi connectivity index (χ1) is 10.1. The maximum atomic E-state index is 13.6. The zero-order chi connectivity index (χ0) is 15.1. The Kier molecular flexibility index (Phi) is 6.08. The van der Waals surface area contributed by atoms with Crippen LogP contribution in [0.5, 0.6) is 0 Å². The number of amides is 1. The Hall–Kier alpha value is -1.52. The highest BCUT2D eigenvalue weighted by Crippen LogP contribution is 2.16. The Morgan fingerprint density at radius 1 is 1.19 bits per heavy atom. The molecule has 5 heteroatoms. The van der Waals surface area contributed by atoms with Gasteiger partial charge in [-0.3, -0.25) is 4.79 Å². The van der Waals surface area contributed by atoms with E-state index >= 15 is 0 Å². The first kappa shape index (κ1) is 15.9. The molecular formula is C16H15ClFNOS. The maximum Gasteiger partial charge on any atom is 0.224 e. The summed E-state index contributed by atoms with van der Waals surface area (Å²) in [4.78, 5) is 12.9. The molecule has 0 spiro atoms. The molecule has 0 saturated carbocycles. The predicted octanol–water partition coefficient (Wildman–Crippen LogP) is 3.93. The fourth-order valence-electron chi connectivity index (χ4n) is 1.78. The second-order valence-electron chi connectivity index (χ2n) is 4.42. The van der Waals surface area contributed by atoms with E-state index in [9.17, 15) is 9.18 Å². The number of carbonyl (C=O) groups is 1. The predicted molar refractivity (Wildman–Crippen MR) is 85.3 cm³/mol. The number of nitrogens with one attached hydrogen (secondary N) is 1. The Balaban J connectivity index is 1.72. The van der Waals surface area contributed by atoms with E-state index in [4.69, 9.17) is 11.6 Å². The van der Waals surface area contributed by atoms with Crippen LogP contribution in [0.3, 0.4) is 0 Å². The smallest absolute Gasteiger partial charge is 0.224 e. The van der Waals surface area contributed by atoms with Gasteiger partial charge in [-0.2, -0.15) is 0 Å². The molecule has 0 aliphatic heterocycles. The van der Waals surface area contributed by atoms with Gasteiger partial charge in [-0.25, -0.2) is 4.39 Å². The Morgan fingerprint density at radius 2 is 1.95 bits per heavy atom. The first-order valence-corrected chi connectivity index (χ1v) is 7.90. The maximum absolute atomic E-state index is 13.6. The van der Waals surface area contributed by atoms with Crippen molar-refractivity contribution >= 4 is 29.3 Å². The van der Waals surface area contributed by atoms with Crippen molar-refractivity contribution in [2.45, 2.75) is 11.3 Å². The average molecular weight is 324 g/mol. The van der Waals surface area contributed by atoms with Crippen molar-refractivity contribution in [1.29, 1.82) is 0 Å². The molecule has 1 N–H and O–H groups in total. The van der Waals surface area contributed by atoms with Crippen molar-refractivity contribution < 1.29 is 9.18 Å². The third kappa shape index (κ3) is 5.40. The molecule has 2 nitrogen and oxygen atoms in total. The van der Waals surface area contributed by atoms with Crippen LogP contribution in [0.15, 0.2) is 53.4 Å². The lowest BCUT2D eigenvalue weighted by Gasteiger charge is -2.06. The van der Waals surface area contributed by atoms with Gasteiger partial charge >= 0.3 is 0 Å². The first-order valence-electron chi connectivity index (χ1n) is 6.53. The number of halogens is 2. The van der Waals surface area contributed by atoms with E-state index < -0.39 is 5.82 Å². The summed E-state index contributed by atoms with van der Waals surface area (Å²) >= 11 is 7.34. The molecule has 0 radical (unpaired) electrons. The zero-order valence-corrected chi connectivity index (χ0v) is 12.9. The highest BCUT2D eigenvalue weighted by Gasteiger charge is 2.08. The molecule has 2 aromatic rings. The van der Waals surface area contributed by atoms with Gasteiger partial charge in [0, 0.05) is 22.2 Å². The lowest BCUT2D eigenvalue weighted by atomic mass is 10.1. The van der Waals surface area contributed by atoms with Crippen molar-refractivity contribution in [3.63, 3.8) is 0 Å². The second kappa shape index (κ2) is 8.05. The van der Waals surface area contributed by atoms with Crippen LogP contribution in [-0.4, -0.2) is 18.2 Å². The Morgan fingerprint density at radius 3 is 2.67 bits per heavy atom. The summed E-state index contributed by atoms with van der Waals surface area (Å²) in [6, 6.07) is 14.3. The molecule has 0 aliphatic rings. The van der Waals surface area contributed by atoms with Crippen molar-refractivity contribution in [1.82, 2.24) is 5.32 Å². The molecule has 2 aromatic carbocycles. The van der Waals surface area contributed by atoms with Crippen LogP contribution < -0.4 is 5.32 Å². The molecule has 0 atom stereocenters. The number of benzene rings is 2. The van der Waals surface area contributed by atoms with Crippen LogP contribution in [0.2, 0.25) is 5.02 Å². The third-order valence-corrected chi connectivity index (χ3v) is 4.05. The molecule has 0 saturated heterocycles. The van der Waals surface area contributed by atoms with Gasteiger partial charge in [0.25, 0.3) is 0 Å². The Labute approximate surface area is 132 Å². The summed E-state index contributed by atoms with van der Waals surface area (Å²) in [6.45, 7) is 0.549. The molecule has 0 unspecified atom stereocenters. The molecule has 0 heterocycles. The molecule has 0 bridgehead atoms. The number of hydrogen-bond acceptors (Lipinski definition) is 2. The highest BCUT2D eigenvalue weighted by molar-refractivity contribution is 7.99. The topological polar surface area (TPSA) is 29.1 Å². The van der Waals surface area contributed by atoms with E-state index in [0.29, 0.717) is 17.1 Å². The summed E-state index contributed by atoms with van der Waals surface area (Å²) in [5, 5.41) is 3.11. The van der Waals surface area contributed by atoms with E-state index in [1.807, 2.05) is 30.3 Å². The summed E-state index contributed by atoms with van der Waals surface area (Å²) in [5.74, 6) is 0.139. The van der Waals surface area contributed by atoms with Gasteiger partial charge in [-0.1, -0.05) is 35.9 Å². The average Bonchev–Trinajstić information content (AvgIpc) is 2.48. The van der Waals surface area contributed by atoms with E-state index in [1.165, 1.54) is 12.1 Å². The monoisotopic (exact) mass is 323 g/mol. The van der Waals surface area contributed by atoms with Gasteiger partial charge in [0.15, 0.2) is 0 Å². The molecule has 110 valence electrons. The van der Waals surface area contributed by atoms with E-state index in [2.05, 4.69) is 5.32 Å². The highest BCUT2D eigenvalue weighted by atomic mass is 35.5. The van der Waals surface area contributed by atoms with Crippen LogP contribution in [-0.2, 0) is 11.2 Å². The van der Waals surface area contributed by atoms with Crippen molar-refractivity contribution in [3.05, 3.63) is 64.9 Å². The van der Waals surface area contributed by atoms with Crippen LogP contribution in [0.1, 0.15) is 5.56 Å². The molecule has 0 aromatic heterocycles. The third-order valence-electron chi connectivity index (χ3n) is 2.80. The molecule has 2 rings (SSSR count). The normalized spacial score (nSPS) is 10.4. The number of thioether (sulfide) groups is 1. The lowest BCUT2D eigenvalue weighted by Crippen LogP contribution is -2.27. The van der Waals surface area contributed by atoms with Gasteiger partial charge in [0.2, 0.25) is 5.91 Å². The van der Waals surface area contributed by atoms with E-state index in [1.54, 1.807) is 17.8 Å². The van der Waals surface area contributed by atoms with Gasteiger partial charge in [-0.15, -0.1) is 11.8 Å². The van der Waals surface area contributed by atoms with Gasteiger partial charge in [0.1, 0.15) is 5.82 Å². The summed E-state index contributed by atoms with van der Waals surface area (Å²) in [5.41, 5.74) is 0.354. The van der Waals surface area contributed by atoms with Gasteiger partial charge < -0.3 is 5.32 Å². The minimum absolute atomic E-state index is 0.0268. The lowest BCUT2D eigenvalue weighted by molar-refractivity contribution is -0.120. The van der Waals surface area contributed by atoms with Crippen LogP contribution in [0.25, 0.3) is 0 Å². The minimum atomic E-state index is -0.448. The van der Waals surface area contributed by atoms with Crippen molar-refractivity contribution in [2.75, 3.05) is 12.3 Å². The molecule has 21 heavy (non-hydrogen) atoms. The quantitative estimate of drug-likeness (QED) is 0.644. The molecular weight excluding hydrogens is 309 g/mol. The number of rotatable bonds is 6. The van der Waals surface area contributed by atoms with Crippen molar-refractivity contribution in [3.8, 4) is 0 Å². The summed E-state index contributed by atoms with van der Waals surface area (Å²) in [7, 11) is 0. The zero-order valence-electron chi connectivity index (χ0n) is 11.3. The fraction of sp³-hybridized carbons (Fsp3) is 0.188. The second-order valence-corrected chi connectivity index (χ2v) is 6.03. The molecule has 0 fully saturated rings. The summed E-state index contributed by atoms with van der Waals surface area (Å²) in [6.07, 6.45) is 0.0268. The van der Waals surface area contributed by atoms with Crippen molar-refractivity contribution in [2.24, 2.45) is 0 Å². The summed E-state index contributed by atoms with van der Waals surface area (Å²) < 4.78 is 13.6. The molecule has 1 amide bonds. The fourth-order valence-corrected chi connectivity index (χ4v) is 2.72. The minimum Gasteiger partial charge on any atom is -0.355 e. The number of hydrogen-bond donors (Lipinski definition) is 1. The Bertz CT molecular complexity index is 606. The SMILES string of the molecule is O=C(Cc1ccc(Cl)cc1F)NCCSc1ccccc1. The van der Waals surface area contributed by atoms with Crippen LogP contribution in [0, 0.1) is 5.82 Å². The van der Waals surface area contributed by atoms with E-state index in [0.717, 1.165) is 10.6 Å². The standard InChI is InChI=1S/C16H15ClFNOS/c17-13-7-6-12(15(18)11-13)10-16(20)19-8-9-21-14-4-2-1-3-5-14/h1-7,11H,8-10H2,(H,19,20). The van der Waals surface area contributed by atoms with Crippen LogP contribution in [0.4, 0.5) is 4.39 Å². The largest absolute Gasteiger partial charge is 0.355 e. The van der Waals surface area contributed by atoms with E-state index in [-0.39, 0.29) is 12.3 Å². The van der Waals surface area contributed by atoms with Gasteiger partial charge in [0.05, 0.1) is 6.42 Å². The molecule has 0 aliphatic carbocycles. The van der Waals surface area contributed by atoms with Gasteiger partial charge in [-0.05, 0) is 29.8 Å².